The molecule has 0 aliphatic carbocycles. The molecule has 0 radical (unpaired) electrons. The summed E-state index contributed by atoms with van der Waals surface area (Å²) in [7, 11) is 2.26. The van der Waals surface area contributed by atoms with Crippen molar-refractivity contribution in [2.75, 3.05) is 33.2 Å². The lowest BCUT2D eigenvalue weighted by Crippen LogP contribution is -2.39. The van der Waals surface area contributed by atoms with Crippen molar-refractivity contribution in [3.05, 3.63) is 35.4 Å². The van der Waals surface area contributed by atoms with Crippen LogP contribution >= 0.6 is 0 Å². The Balaban J connectivity index is 1.41. The molecule has 0 atom stereocenters. The predicted molar refractivity (Wildman–Crippen MR) is 109 cm³/mol. The highest BCUT2D eigenvalue weighted by Crippen LogP contribution is 2.32. The molecule has 3 heteroatoms. The van der Waals surface area contributed by atoms with Gasteiger partial charge in [-0.3, -0.25) is 4.90 Å². The molecule has 2 saturated heterocycles. The molecule has 0 saturated carbocycles. The van der Waals surface area contributed by atoms with E-state index in [0.29, 0.717) is 0 Å². The van der Waals surface area contributed by atoms with Crippen LogP contribution in [0, 0.1) is 11.8 Å². The van der Waals surface area contributed by atoms with Crippen LogP contribution in [0.5, 0.6) is 0 Å². The summed E-state index contributed by atoms with van der Waals surface area (Å²) in [4.78, 5) is 5.12. The van der Waals surface area contributed by atoms with Crippen molar-refractivity contribution in [1.29, 1.82) is 0 Å². The molecule has 3 rings (SSSR count). The molecule has 26 heavy (non-hydrogen) atoms. The first-order valence-electron chi connectivity index (χ1n) is 10.6. The van der Waals surface area contributed by atoms with Gasteiger partial charge in [-0.05, 0) is 109 Å². The molecule has 0 amide bonds. The van der Waals surface area contributed by atoms with Gasteiger partial charge in [0.1, 0.15) is 0 Å². The number of nitrogens with zero attached hydrogens (tertiary/aromatic N) is 2. The molecule has 0 unspecified atom stereocenters. The van der Waals surface area contributed by atoms with Gasteiger partial charge in [0, 0.05) is 6.54 Å². The number of hydrogen-bond donors (Lipinski definition) is 1. The molecule has 2 fully saturated rings. The van der Waals surface area contributed by atoms with Crippen LogP contribution in [0.2, 0.25) is 0 Å². The molecule has 2 aliphatic rings. The van der Waals surface area contributed by atoms with E-state index in [0.717, 1.165) is 31.2 Å². The van der Waals surface area contributed by atoms with Crippen LogP contribution < -0.4 is 0 Å². The Morgan fingerprint density at radius 1 is 0.885 bits per heavy atom. The number of likely N-dealkylation sites (tertiary alicyclic amines) is 2. The maximum Gasteiger partial charge on any atom is 0.0594 e. The monoisotopic (exact) mass is 358 g/mol. The van der Waals surface area contributed by atoms with Gasteiger partial charge in [0.05, 0.1) is 5.60 Å². The summed E-state index contributed by atoms with van der Waals surface area (Å²) >= 11 is 0. The lowest BCUT2D eigenvalue weighted by atomic mass is 9.79. The molecule has 3 nitrogen and oxygen atoms in total. The summed E-state index contributed by atoms with van der Waals surface area (Å²) in [6.45, 7) is 9.98. The minimum Gasteiger partial charge on any atom is -0.390 e. The Morgan fingerprint density at radius 3 is 1.92 bits per heavy atom. The molecule has 146 valence electrons. The van der Waals surface area contributed by atoms with Crippen molar-refractivity contribution in [3.8, 4) is 0 Å². The average molecular weight is 359 g/mol. The number of benzene rings is 1. The van der Waals surface area contributed by atoms with E-state index in [1.807, 2.05) is 13.8 Å². The summed E-state index contributed by atoms with van der Waals surface area (Å²) < 4.78 is 0. The third kappa shape index (κ3) is 6.07. The van der Waals surface area contributed by atoms with Crippen molar-refractivity contribution in [2.24, 2.45) is 11.8 Å². The van der Waals surface area contributed by atoms with Crippen molar-refractivity contribution in [3.63, 3.8) is 0 Å². The Morgan fingerprint density at radius 2 is 1.38 bits per heavy atom. The van der Waals surface area contributed by atoms with Crippen LogP contribution in [0.25, 0.3) is 0 Å². The fraction of sp³-hybridized carbons (Fsp3) is 0.739. The summed E-state index contributed by atoms with van der Waals surface area (Å²) in [6.07, 6.45) is 7.36. The van der Waals surface area contributed by atoms with E-state index < -0.39 is 5.60 Å². The lowest BCUT2D eigenvalue weighted by Gasteiger charge is -2.39. The van der Waals surface area contributed by atoms with E-state index in [2.05, 4.69) is 41.1 Å². The Labute approximate surface area is 160 Å². The molecule has 0 aromatic heterocycles. The molecule has 1 aromatic carbocycles. The summed E-state index contributed by atoms with van der Waals surface area (Å²) in [5.41, 5.74) is 2.18. The van der Waals surface area contributed by atoms with Gasteiger partial charge in [-0.2, -0.15) is 0 Å². The Bertz CT molecular complexity index is 532. The van der Waals surface area contributed by atoms with Crippen molar-refractivity contribution < 1.29 is 5.11 Å². The van der Waals surface area contributed by atoms with Gasteiger partial charge in [-0.15, -0.1) is 0 Å². The van der Waals surface area contributed by atoms with E-state index in [1.165, 1.54) is 63.0 Å². The SMILES string of the molecule is CN1CCC(C2CCN(Cc3ccc(CCC(C)(C)O)cc3)CC2)CC1. The molecule has 2 aliphatic heterocycles. The fourth-order valence-electron chi connectivity index (χ4n) is 4.60. The first kappa shape index (κ1) is 19.9. The van der Waals surface area contributed by atoms with Gasteiger partial charge in [-0.25, -0.2) is 0 Å². The van der Waals surface area contributed by atoms with Crippen LogP contribution in [0.4, 0.5) is 0 Å². The molecule has 2 heterocycles. The number of rotatable bonds is 6. The second-order valence-corrected chi connectivity index (χ2v) is 9.38. The van der Waals surface area contributed by atoms with Gasteiger partial charge < -0.3 is 10.0 Å². The molecule has 1 aromatic rings. The molecular formula is C23H38N2O. The Hall–Kier alpha value is -0.900. The number of aliphatic hydroxyl groups is 1. The maximum absolute atomic E-state index is 9.87. The highest BCUT2D eigenvalue weighted by atomic mass is 16.3. The smallest absolute Gasteiger partial charge is 0.0594 e. The second kappa shape index (κ2) is 8.86. The highest BCUT2D eigenvalue weighted by molar-refractivity contribution is 5.22. The summed E-state index contributed by atoms with van der Waals surface area (Å²) in [6, 6.07) is 9.05. The maximum atomic E-state index is 9.87. The highest BCUT2D eigenvalue weighted by Gasteiger charge is 2.28. The number of hydrogen-bond acceptors (Lipinski definition) is 3. The fourth-order valence-corrected chi connectivity index (χ4v) is 4.60. The first-order chi connectivity index (χ1) is 12.4. The van der Waals surface area contributed by atoms with Gasteiger partial charge in [0.25, 0.3) is 0 Å². The van der Waals surface area contributed by atoms with E-state index >= 15 is 0 Å². The van der Waals surface area contributed by atoms with E-state index in [9.17, 15) is 5.11 Å². The number of aryl methyl sites for hydroxylation is 1. The molecule has 0 bridgehead atoms. The summed E-state index contributed by atoms with van der Waals surface area (Å²) in [5.74, 6) is 1.94. The normalized spacial score (nSPS) is 22.0. The lowest BCUT2D eigenvalue weighted by molar-refractivity contribution is 0.0714. The minimum atomic E-state index is -0.573. The van der Waals surface area contributed by atoms with Crippen LogP contribution in [0.1, 0.15) is 57.1 Å². The molecule has 0 spiro atoms. The topological polar surface area (TPSA) is 26.7 Å². The van der Waals surface area contributed by atoms with E-state index in [-0.39, 0.29) is 0 Å². The Kier molecular flexibility index (Phi) is 6.76. The third-order valence-electron chi connectivity index (χ3n) is 6.52. The zero-order valence-electron chi connectivity index (χ0n) is 17.1. The zero-order chi connectivity index (χ0) is 18.6. The van der Waals surface area contributed by atoms with E-state index in [1.54, 1.807) is 0 Å². The predicted octanol–water partition coefficient (Wildman–Crippen LogP) is 3.94. The van der Waals surface area contributed by atoms with Crippen LogP contribution in [-0.2, 0) is 13.0 Å². The quantitative estimate of drug-likeness (QED) is 0.834. The van der Waals surface area contributed by atoms with Gasteiger partial charge >= 0.3 is 0 Å². The van der Waals surface area contributed by atoms with Crippen molar-refractivity contribution >= 4 is 0 Å². The zero-order valence-corrected chi connectivity index (χ0v) is 17.1. The molecule has 1 N–H and O–H groups in total. The largest absolute Gasteiger partial charge is 0.390 e. The van der Waals surface area contributed by atoms with Gasteiger partial charge in [0.2, 0.25) is 0 Å². The summed E-state index contributed by atoms with van der Waals surface area (Å²) in [5, 5.41) is 9.87. The first-order valence-corrected chi connectivity index (χ1v) is 10.6. The van der Waals surface area contributed by atoms with Gasteiger partial charge in [0.15, 0.2) is 0 Å². The average Bonchev–Trinajstić information content (AvgIpc) is 2.62. The van der Waals surface area contributed by atoms with Gasteiger partial charge in [-0.1, -0.05) is 24.3 Å². The van der Waals surface area contributed by atoms with Crippen molar-refractivity contribution in [2.45, 2.75) is 64.5 Å². The number of piperidine rings is 2. The van der Waals surface area contributed by atoms with Crippen LogP contribution in [-0.4, -0.2) is 53.7 Å². The third-order valence-corrected chi connectivity index (χ3v) is 6.52. The molecular weight excluding hydrogens is 320 g/mol. The minimum absolute atomic E-state index is 0.573. The standard InChI is InChI=1S/C23H38N2O/c1-23(2,26)13-8-19-4-6-20(7-5-19)18-25-16-11-22(12-17-25)21-9-14-24(3)15-10-21/h4-7,21-22,26H,8-18H2,1-3H3. The second-order valence-electron chi connectivity index (χ2n) is 9.38. The van der Waals surface area contributed by atoms with Crippen LogP contribution in [0.3, 0.4) is 0 Å². The van der Waals surface area contributed by atoms with E-state index in [4.69, 9.17) is 0 Å². The van der Waals surface area contributed by atoms with Crippen LogP contribution in [0.15, 0.2) is 24.3 Å². The van der Waals surface area contributed by atoms with Crippen molar-refractivity contribution in [1.82, 2.24) is 9.80 Å².